The third-order valence-corrected chi connectivity index (χ3v) is 2.81. The van der Waals surface area contributed by atoms with Crippen LogP contribution < -0.4 is 11.1 Å². The van der Waals surface area contributed by atoms with Crippen LogP contribution in [0.15, 0.2) is 12.1 Å². The first-order chi connectivity index (χ1) is 7.54. The Morgan fingerprint density at radius 2 is 2.00 bits per heavy atom. The van der Waals surface area contributed by atoms with Gasteiger partial charge in [0.15, 0.2) is 0 Å². The summed E-state index contributed by atoms with van der Waals surface area (Å²) in [4.78, 5) is 11.4. The van der Waals surface area contributed by atoms with Gasteiger partial charge >= 0.3 is 0 Å². The molecule has 3 nitrogen and oxygen atoms in total. The number of nitrogen functional groups attached to an aromatic ring is 1. The van der Waals surface area contributed by atoms with E-state index in [1.165, 1.54) is 12.1 Å². The highest BCUT2D eigenvalue weighted by atomic mass is 35.5. The smallest absolute Gasteiger partial charge is 0.224 e. The maximum Gasteiger partial charge on any atom is 0.224 e. The van der Waals surface area contributed by atoms with E-state index in [-0.39, 0.29) is 5.91 Å². The monoisotopic (exact) mass is 280 g/mol. The van der Waals surface area contributed by atoms with E-state index >= 15 is 0 Å². The number of benzene rings is 1. The van der Waals surface area contributed by atoms with Gasteiger partial charge in [-0.2, -0.15) is 0 Å². The first kappa shape index (κ1) is 13.4. The number of amides is 1. The fourth-order valence-electron chi connectivity index (χ4n) is 1.10. The average Bonchev–Trinajstić information content (AvgIpc) is 2.23. The van der Waals surface area contributed by atoms with Crippen molar-refractivity contribution in [1.82, 2.24) is 0 Å². The second-order valence-electron chi connectivity index (χ2n) is 3.19. The molecule has 0 aliphatic carbocycles. The van der Waals surface area contributed by atoms with E-state index in [4.69, 9.17) is 40.5 Å². The summed E-state index contributed by atoms with van der Waals surface area (Å²) in [6.45, 7) is 0. The molecule has 0 saturated heterocycles. The highest BCUT2D eigenvalue weighted by Gasteiger charge is 2.08. The minimum Gasteiger partial charge on any atom is -0.397 e. The minimum atomic E-state index is -0.149. The number of hydrogen-bond acceptors (Lipinski definition) is 2. The highest BCUT2D eigenvalue weighted by molar-refractivity contribution is 6.38. The van der Waals surface area contributed by atoms with Gasteiger partial charge in [-0.05, 0) is 18.6 Å². The van der Waals surface area contributed by atoms with Crippen molar-refractivity contribution in [3.05, 3.63) is 22.2 Å². The van der Waals surface area contributed by atoms with Crippen LogP contribution in [-0.4, -0.2) is 11.8 Å². The number of hydrogen-bond donors (Lipinski definition) is 2. The molecule has 0 aliphatic rings. The summed E-state index contributed by atoms with van der Waals surface area (Å²) in [7, 11) is 0. The molecule has 88 valence electrons. The Morgan fingerprint density at radius 3 is 2.62 bits per heavy atom. The van der Waals surface area contributed by atoms with E-state index in [1.54, 1.807) is 0 Å². The second-order valence-corrected chi connectivity index (χ2v) is 4.39. The Hall–Kier alpha value is -0.640. The molecule has 0 aromatic heterocycles. The molecule has 0 bridgehead atoms. The van der Waals surface area contributed by atoms with Crippen LogP contribution in [0.1, 0.15) is 12.8 Å². The number of halogens is 3. The molecule has 16 heavy (non-hydrogen) atoms. The molecular formula is C10H11Cl3N2O. The number of alkyl halides is 1. The van der Waals surface area contributed by atoms with Gasteiger partial charge in [0.1, 0.15) is 0 Å². The molecule has 0 spiro atoms. The van der Waals surface area contributed by atoms with E-state index in [0.29, 0.717) is 40.1 Å². The molecule has 0 radical (unpaired) electrons. The van der Waals surface area contributed by atoms with Gasteiger partial charge in [0.05, 0.1) is 21.4 Å². The Labute approximate surface area is 109 Å². The molecule has 3 N–H and O–H groups in total. The molecular weight excluding hydrogens is 270 g/mol. The number of nitrogens with one attached hydrogen (secondary N) is 1. The molecule has 1 aromatic carbocycles. The lowest BCUT2D eigenvalue weighted by Gasteiger charge is -2.08. The minimum absolute atomic E-state index is 0.149. The van der Waals surface area contributed by atoms with Gasteiger partial charge in [-0.15, -0.1) is 11.6 Å². The van der Waals surface area contributed by atoms with Crippen LogP contribution in [0.4, 0.5) is 11.4 Å². The molecule has 0 unspecified atom stereocenters. The Kier molecular flexibility index (Phi) is 5.19. The van der Waals surface area contributed by atoms with Gasteiger partial charge in [-0.25, -0.2) is 0 Å². The van der Waals surface area contributed by atoms with Crippen molar-refractivity contribution in [1.29, 1.82) is 0 Å². The summed E-state index contributed by atoms with van der Waals surface area (Å²) in [5.74, 6) is 0.300. The van der Waals surface area contributed by atoms with Crippen molar-refractivity contribution in [3.63, 3.8) is 0 Å². The summed E-state index contributed by atoms with van der Waals surface area (Å²) < 4.78 is 0. The number of rotatable bonds is 4. The van der Waals surface area contributed by atoms with E-state index in [0.717, 1.165) is 0 Å². The Balaban J connectivity index is 2.73. The zero-order chi connectivity index (χ0) is 12.1. The van der Waals surface area contributed by atoms with Crippen molar-refractivity contribution in [2.45, 2.75) is 12.8 Å². The second kappa shape index (κ2) is 6.18. The average molecular weight is 282 g/mol. The van der Waals surface area contributed by atoms with Crippen molar-refractivity contribution in [2.75, 3.05) is 16.9 Å². The molecule has 0 atom stereocenters. The van der Waals surface area contributed by atoms with Gasteiger partial charge < -0.3 is 11.1 Å². The first-order valence-electron chi connectivity index (χ1n) is 4.65. The zero-order valence-electron chi connectivity index (χ0n) is 8.40. The number of nitrogens with two attached hydrogens (primary N) is 1. The normalized spacial score (nSPS) is 10.2. The van der Waals surface area contributed by atoms with Gasteiger partial charge in [0.2, 0.25) is 5.91 Å². The molecule has 0 aliphatic heterocycles. The van der Waals surface area contributed by atoms with Crippen LogP contribution in [0.5, 0.6) is 0 Å². The molecule has 0 saturated carbocycles. The molecule has 1 aromatic rings. The topological polar surface area (TPSA) is 55.1 Å². The predicted molar refractivity (Wildman–Crippen MR) is 69.5 cm³/mol. The molecule has 6 heteroatoms. The van der Waals surface area contributed by atoms with E-state index in [2.05, 4.69) is 5.32 Å². The summed E-state index contributed by atoms with van der Waals surface area (Å²) >= 11 is 17.1. The summed E-state index contributed by atoms with van der Waals surface area (Å²) in [5.41, 5.74) is 6.44. The standard InChI is InChI=1S/C10H11Cl3N2O/c11-3-1-2-10(16)15-9-5-8(14)6(12)4-7(9)13/h4-5H,1-3,14H2,(H,15,16). The molecule has 0 fully saturated rings. The van der Waals surface area contributed by atoms with Gasteiger partial charge in [-0.3, -0.25) is 4.79 Å². The van der Waals surface area contributed by atoms with Gasteiger partial charge in [0.25, 0.3) is 0 Å². The third kappa shape index (κ3) is 3.74. The summed E-state index contributed by atoms with van der Waals surface area (Å²) in [6, 6.07) is 3.03. The summed E-state index contributed by atoms with van der Waals surface area (Å²) in [5, 5.41) is 3.37. The lowest BCUT2D eigenvalue weighted by atomic mass is 10.2. The van der Waals surface area contributed by atoms with E-state index < -0.39 is 0 Å². The van der Waals surface area contributed by atoms with Crippen LogP contribution in [0, 0.1) is 0 Å². The van der Waals surface area contributed by atoms with E-state index in [9.17, 15) is 4.79 Å². The van der Waals surface area contributed by atoms with Crippen LogP contribution in [-0.2, 0) is 4.79 Å². The van der Waals surface area contributed by atoms with Crippen molar-refractivity contribution < 1.29 is 4.79 Å². The first-order valence-corrected chi connectivity index (χ1v) is 5.94. The highest BCUT2D eigenvalue weighted by Crippen LogP contribution is 2.30. The van der Waals surface area contributed by atoms with Crippen LogP contribution in [0.2, 0.25) is 10.0 Å². The van der Waals surface area contributed by atoms with E-state index in [1.807, 2.05) is 0 Å². The lowest BCUT2D eigenvalue weighted by molar-refractivity contribution is -0.116. The van der Waals surface area contributed by atoms with Gasteiger partial charge in [0, 0.05) is 12.3 Å². The maximum absolute atomic E-state index is 11.4. The van der Waals surface area contributed by atoms with Crippen LogP contribution in [0.3, 0.4) is 0 Å². The van der Waals surface area contributed by atoms with Crippen molar-refractivity contribution >= 4 is 52.1 Å². The fourth-order valence-corrected chi connectivity index (χ4v) is 1.67. The molecule has 1 amide bonds. The number of carbonyl (C=O) groups excluding carboxylic acids is 1. The molecule has 0 heterocycles. The molecule has 1 rings (SSSR count). The van der Waals surface area contributed by atoms with Crippen molar-refractivity contribution in [3.8, 4) is 0 Å². The van der Waals surface area contributed by atoms with Crippen LogP contribution >= 0.6 is 34.8 Å². The third-order valence-electron chi connectivity index (χ3n) is 1.90. The SMILES string of the molecule is Nc1cc(NC(=O)CCCCl)c(Cl)cc1Cl. The van der Waals surface area contributed by atoms with Crippen LogP contribution in [0.25, 0.3) is 0 Å². The largest absolute Gasteiger partial charge is 0.397 e. The summed E-state index contributed by atoms with van der Waals surface area (Å²) in [6.07, 6.45) is 0.969. The fraction of sp³-hybridized carbons (Fsp3) is 0.300. The van der Waals surface area contributed by atoms with Gasteiger partial charge in [-0.1, -0.05) is 23.2 Å². The Morgan fingerprint density at radius 1 is 1.31 bits per heavy atom. The number of carbonyl (C=O) groups is 1. The van der Waals surface area contributed by atoms with Crippen molar-refractivity contribution in [2.24, 2.45) is 0 Å². The maximum atomic E-state index is 11.4. The lowest BCUT2D eigenvalue weighted by Crippen LogP contribution is -2.12. The Bertz CT molecular complexity index is 396. The predicted octanol–water partition coefficient (Wildman–Crippen LogP) is 3.53. The zero-order valence-corrected chi connectivity index (χ0v) is 10.7. The quantitative estimate of drug-likeness (QED) is 0.655. The number of anilines is 2.